The molecule has 19 heavy (non-hydrogen) atoms. The van der Waals surface area contributed by atoms with Gasteiger partial charge in [-0.2, -0.15) is 0 Å². The van der Waals surface area contributed by atoms with Crippen molar-refractivity contribution in [2.45, 2.75) is 14.9 Å². The maximum absolute atomic E-state index is 8.91. The molecule has 1 aromatic carbocycles. The topological polar surface area (TPSA) is 84.4 Å². The Kier molecular flexibility index (Phi) is 4.64. The molecular weight excluding hydrogens is 280 g/mol. The van der Waals surface area contributed by atoms with Gasteiger partial charge in [0.1, 0.15) is 0 Å². The summed E-state index contributed by atoms with van der Waals surface area (Å²) in [6.07, 6.45) is 5.30. The second-order valence-electron chi connectivity index (χ2n) is 3.45. The molecule has 98 valence electrons. The fourth-order valence-corrected chi connectivity index (χ4v) is 3.09. The van der Waals surface area contributed by atoms with E-state index in [0.29, 0.717) is 10.7 Å². The molecule has 0 aliphatic rings. The minimum Gasteiger partial charge on any atom is -0.409 e. The Morgan fingerprint density at radius 3 is 2.53 bits per heavy atom. The third-order valence-electron chi connectivity index (χ3n) is 2.32. The van der Waals surface area contributed by atoms with E-state index in [1.165, 1.54) is 23.5 Å². The summed E-state index contributed by atoms with van der Waals surface area (Å²) in [6, 6.07) is 7.50. The van der Waals surface area contributed by atoms with Crippen LogP contribution in [0.3, 0.4) is 0 Å². The Morgan fingerprint density at radius 1 is 1.21 bits per heavy atom. The average Bonchev–Trinajstić information content (AvgIpc) is 2.47. The molecule has 0 amide bonds. The molecule has 3 N–H and O–H groups in total. The number of aromatic nitrogens is 2. The van der Waals surface area contributed by atoms with Gasteiger partial charge >= 0.3 is 0 Å². The molecule has 0 atom stereocenters. The Balaban J connectivity index is 2.45. The first-order valence-electron chi connectivity index (χ1n) is 5.36. The monoisotopic (exact) mass is 292 g/mol. The van der Waals surface area contributed by atoms with Crippen LogP contribution in [0.1, 0.15) is 5.56 Å². The second-order valence-corrected chi connectivity index (χ2v) is 5.31. The Labute approximate surface area is 119 Å². The van der Waals surface area contributed by atoms with Gasteiger partial charge in [-0.05, 0) is 36.2 Å². The van der Waals surface area contributed by atoms with Crippen LogP contribution in [0.15, 0.2) is 56.8 Å². The maximum Gasteiger partial charge on any atom is 0.192 e. The number of amidine groups is 1. The van der Waals surface area contributed by atoms with Gasteiger partial charge in [-0.25, -0.2) is 9.97 Å². The lowest BCUT2D eigenvalue weighted by atomic mass is 10.2. The van der Waals surface area contributed by atoms with E-state index in [-0.39, 0.29) is 5.84 Å². The predicted octanol–water partition coefficient (Wildman–Crippen LogP) is 2.44. The zero-order chi connectivity index (χ0) is 13.7. The van der Waals surface area contributed by atoms with E-state index in [4.69, 9.17) is 10.9 Å². The molecule has 1 heterocycles. The average molecular weight is 292 g/mol. The van der Waals surface area contributed by atoms with Gasteiger partial charge in [0.2, 0.25) is 0 Å². The lowest BCUT2D eigenvalue weighted by Gasteiger charge is -2.10. The lowest BCUT2D eigenvalue weighted by molar-refractivity contribution is 0.318. The van der Waals surface area contributed by atoms with Crippen LogP contribution in [0.2, 0.25) is 0 Å². The molecule has 0 bridgehead atoms. The second kappa shape index (κ2) is 6.44. The number of nitrogens with zero attached hydrogens (tertiary/aromatic N) is 3. The van der Waals surface area contributed by atoms with Crippen LogP contribution < -0.4 is 5.73 Å². The number of hydrogen-bond acceptors (Lipinski definition) is 6. The molecule has 0 fully saturated rings. The number of benzene rings is 1. The molecule has 7 heteroatoms. The summed E-state index contributed by atoms with van der Waals surface area (Å²) in [4.78, 5) is 10.1. The first-order chi connectivity index (χ1) is 9.26. The predicted molar refractivity (Wildman–Crippen MR) is 76.9 cm³/mol. The molecule has 0 unspecified atom stereocenters. The smallest absolute Gasteiger partial charge is 0.192 e. The molecule has 0 radical (unpaired) electrons. The molecule has 0 spiro atoms. The summed E-state index contributed by atoms with van der Waals surface area (Å²) in [5.41, 5.74) is 6.46. The summed E-state index contributed by atoms with van der Waals surface area (Å²) < 4.78 is 0. The third-order valence-corrected chi connectivity index (χ3v) is 4.05. The van der Waals surface area contributed by atoms with Gasteiger partial charge < -0.3 is 10.9 Å². The number of nitrogens with two attached hydrogens (primary N) is 1. The SMILES string of the molecule is CSc1cccc(Sc2ncccn2)c1/C(N)=N/O. The van der Waals surface area contributed by atoms with E-state index < -0.39 is 0 Å². The van der Waals surface area contributed by atoms with Gasteiger partial charge in [0, 0.05) is 27.7 Å². The van der Waals surface area contributed by atoms with Crippen molar-refractivity contribution in [2.75, 3.05) is 6.26 Å². The number of rotatable bonds is 4. The van der Waals surface area contributed by atoms with Gasteiger partial charge in [-0.3, -0.25) is 0 Å². The minimum absolute atomic E-state index is 0.0865. The number of hydrogen-bond donors (Lipinski definition) is 2. The van der Waals surface area contributed by atoms with Crippen molar-refractivity contribution < 1.29 is 5.21 Å². The van der Waals surface area contributed by atoms with Gasteiger partial charge in [0.15, 0.2) is 11.0 Å². The zero-order valence-electron chi connectivity index (χ0n) is 10.1. The Hall–Kier alpha value is -1.73. The van der Waals surface area contributed by atoms with Crippen molar-refractivity contribution in [3.8, 4) is 0 Å². The highest BCUT2D eigenvalue weighted by molar-refractivity contribution is 7.99. The lowest BCUT2D eigenvalue weighted by Crippen LogP contribution is -2.15. The van der Waals surface area contributed by atoms with Crippen molar-refractivity contribution in [3.05, 3.63) is 42.2 Å². The molecule has 5 nitrogen and oxygen atoms in total. The van der Waals surface area contributed by atoms with E-state index in [1.807, 2.05) is 24.5 Å². The van der Waals surface area contributed by atoms with Gasteiger partial charge in [0.05, 0.1) is 0 Å². The van der Waals surface area contributed by atoms with Crippen molar-refractivity contribution in [1.29, 1.82) is 0 Å². The van der Waals surface area contributed by atoms with Crippen LogP contribution in [-0.4, -0.2) is 27.3 Å². The van der Waals surface area contributed by atoms with E-state index in [9.17, 15) is 0 Å². The fourth-order valence-electron chi connectivity index (χ4n) is 1.51. The van der Waals surface area contributed by atoms with Crippen LogP contribution in [0, 0.1) is 0 Å². The van der Waals surface area contributed by atoms with Gasteiger partial charge in [0.25, 0.3) is 0 Å². The molecule has 0 aliphatic heterocycles. The summed E-state index contributed by atoms with van der Waals surface area (Å²) in [6.45, 7) is 0. The van der Waals surface area contributed by atoms with E-state index >= 15 is 0 Å². The third kappa shape index (κ3) is 3.18. The molecule has 2 rings (SSSR count). The van der Waals surface area contributed by atoms with E-state index in [2.05, 4.69) is 15.1 Å². The molecule has 0 saturated heterocycles. The van der Waals surface area contributed by atoms with Gasteiger partial charge in [-0.1, -0.05) is 11.2 Å². The molecule has 0 saturated carbocycles. The quantitative estimate of drug-likeness (QED) is 0.225. The van der Waals surface area contributed by atoms with Crippen molar-refractivity contribution in [1.82, 2.24) is 9.97 Å². The number of thioether (sulfide) groups is 1. The van der Waals surface area contributed by atoms with Crippen LogP contribution in [0.25, 0.3) is 0 Å². The number of oxime groups is 1. The van der Waals surface area contributed by atoms with Crippen molar-refractivity contribution in [3.63, 3.8) is 0 Å². The highest BCUT2D eigenvalue weighted by Crippen LogP contribution is 2.32. The Bertz CT molecular complexity index is 590. The van der Waals surface area contributed by atoms with Gasteiger partial charge in [-0.15, -0.1) is 11.8 Å². The Morgan fingerprint density at radius 2 is 1.89 bits per heavy atom. The van der Waals surface area contributed by atoms with Crippen molar-refractivity contribution >= 4 is 29.4 Å². The summed E-state index contributed by atoms with van der Waals surface area (Å²) in [7, 11) is 0. The van der Waals surface area contributed by atoms with E-state index in [1.54, 1.807) is 18.5 Å². The van der Waals surface area contributed by atoms with Crippen molar-refractivity contribution in [2.24, 2.45) is 10.9 Å². The van der Waals surface area contributed by atoms with Crippen LogP contribution in [-0.2, 0) is 0 Å². The van der Waals surface area contributed by atoms with E-state index in [0.717, 1.165) is 9.79 Å². The standard InChI is InChI=1S/C12H12N4OS2/c1-18-8-4-2-5-9(10(8)11(13)16-17)19-12-14-6-3-7-15-12/h2-7,17H,1H3,(H2,13,16). The minimum atomic E-state index is 0.0865. The normalized spacial score (nSPS) is 11.5. The summed E-state index contributed by atoms with van der Waals surface area (Å²) >= 11 is 2.92. The highest BCUT2D eigenvalue weighted by atomic mass is 32.2. The molecule has 2 aromatic rings. The summed E-state index contributed by atoms with van der Waals surface area (Å²) in [5, 5.41) is 12.6. The first-order valence-corrected chi connectivity index (χ1v) is 7.40. The largest absolute Gasteiger partial charge is 0.409 e. The summed E-state index contributed by atoms with van der Waals surface area (Å²) in [5.74, 6) is 0.0865. The fraction of sp³-hybridized carbons (Fsp3) is 0.0833. The van der Waals surface area contributed by atoms with Crippen LogP contribution >= 0.6 is 23.5 Å². The van der Waals surface area contributed by atoms with Crippen LogP contribution in [0.4, 0.5) is 0 Å². The highest BCUT2D eigenvalue weighted by Gasteiger charge is 2.14. The van der Waals surface area contributed by atoms with Crippen LogP contribution in [0.5, 0.6) is 0 Å². The first kappa shape index (κ1) is 13.7. The zero-order valence-corrected chi connectivity index (χ0v) is 11.8. The molecular formula is C12H12N4OS2. The molecule has 1 aromatic heterocycles. The maximum atomic E-state index is 8.91. The molecule has 0 aliphatic carbocycles.